The lowest BCUT2D eigenvalue weighted by molar-refractivity contribution is -0.134. The summed E-state index contributed by atoms with van der Waals surface area (Å²) in [6.07, 6.45) is 0. The first-order valence-corrected chi connectivity index (χ1v) is 7.52. The van der Waals surface area contributed by atoms with E-state index in [9.17, 15) is 9.13 Å². The molecule has 0 aromatic carbocycles. The summed E-state index contributed by atoms with van der Waals surface area (Å²) in [5.74, 6) is -1.17. The molecule has 0 unspecified atom stereocenters. The Labute approximate surface area is 107 Å². The molecule has 0 aromatic rings. The van der Waals surface area contributed by atoms with Crippen molar-refractivity contribution < 1.29 is 43.7 Å². The van der Waals surface area contributed by atoms with Gasteiger partial charge in [0.25, 0.3) is 5.97 Å². The van der Waals surface area contributed by atoms with Crippen LogP contribution >= 0.6 is 15.2 Å². The highest BCUT2D eigenvalue weighted by atomic mass is 31.2. The second-order valence-corrected chi connectivity index (χ2v) is 6.83. The van der Waals surface area contributed by atoms with E-state index in [0.29, 0.717) is 0 Å². The van der Waals surface area contributed by atoms with Crippen molar-refractivity contribution in [1.82, 2.24) is 0 Å². The summed E-state index contributed by atoms with van der Waals surface area (Å²) in [4.78, 5) is 42.1. The molecular weight excluding hydrogens is 308 g/mol. The van der Waals surface area contributed by atoms with Gasteiger partial charge >= 0.3 is 15.2 Å². The maximum atomic E-state index is 10.3. The Kier molecular flexibility index (Phi) is 12.0. The van der Waals surface area contributed by atoms with Crippen molar-refractivity contribution in [3.05, 3.63) is 0 Å². The lowest BCUT2D eigenvalue weighted by Gasteiger charge is -2.16. The van der Waals surface area contributed by atoms with Crippen molar-refractivity contribution in [3.8, 4) is 0 Å². The number of aliphatic carboxylic acids is 1. The first kappa shape index (κ1) is 23.1. The van der Waals surface area contributed by atoms with Crippen LogP contribution in [0.5, 0.6) is 0 Å². The summed E-state index contributed by atoms with van der Waals surface area (Å²) in [6.45, 7) is -0.158. The summed E-state index contributed by atoms with van der Waals surface area (Å²) in [6, 6.07) is 0. The quantitative estimate of drug-likeness (QED) is 0.150. The molecule has 0 aromatic heterocycles. The van der Waals surface area contributed by atoms with Gasteiger partial charge in [0, 0.05) is 6.92 Å². The second kappa shape index (κ2) is 9.87. The van der Waals surface area contributed by atoms with Gasteiger partial charge < -0.3 is 41.3 Å². The van der Waals surface area contributed by atoms with E-state index in [1.54, 1.807) is 0 Å². The van der Waals surface area contributed by atoms with Gasteiger partial charge in [-0.15, -0.1) is 0 Å². The molecule has 0 atom stereocenters. The molecular formula is C5H17N3O9P2. The Bertz CT molecular complexity index is 332. The van der Waals surface area contributed by atoms with Crippen LogP contribution in [0, 0.1) is 5.41 Å². The van der Waals surface area contributed by atoms with E-state index < -0.39 is 33.2 Å². The third-order valence-corrected chi connectivity index (χ3v) is 4.62. The molecule has 0 rings (SSSR count). The molecule has 0 heterocycles. The Morgan fingerprint density at radius 3 is 1.32 bits per heavy atom. The zero-order valence-corrected chi connectivity index (χ0v) is 11.5. The Balaban J connectivity index is -0.000000264. The summed E-state index contributed by atoms with van der Waals surface area (Å²) >= 11 is 0. The van der Waals surface area contributed by atoms with E-state index in [0.717, 1.165) is 6.92 Å². The van der Waals surface area contributed by atoms with E-state index in [4.69, 9.17) is 40.0 Å². The van der Waals surface area contributed by atoms with Gasteiger partial charge in [-0.2, -0.15) is 0 Å². The maximum Gasteiger partial charge on any atom is 0.343 e. The normalized spacial score (nSPS) is 10.7. The van der Waals surface area contributed by atoms with Gasteiger partial charge in [0.05, 0.1) is 6.61 Å². The van der Waals surface area contributed by atoms with Crippen molar-refractivity contribution in [2.75, 3.05) is 6.61 Å². The van der Waals surface area contributed by atoms with Crippen LogP contribution in [0.4, 0.5) is 0 Å². The fraction of sp³-hybridized carbons (Fsp3) is 0.600. The number of nitrogens with two attached hydrogens (primary N) is 2. The topological polar surface area (TPSA) is 248 Å². The third-order valence-electron chi connectivity index (χ3n) is 0.940. The molecule has 0 saturated heterocycles. The van der Waals surface area contributed by atoms with E-state index in [2.05, 4.69) is 11.5 Å². The lowest BCUT2D eigenvalue weighted by atomic mass is 10.9. The van der Waals surface area contributed by atoms with Crippen LogP contribution in [-0.4, -0.2) is 53.7 Å². The minimum atomic E-state index is -4.91. The number of nitrogens with one attached hydrogen (secondary N) is 1. The SMILES string of the molecule is CC(=O)O.N=C(N)N.O=P(O)(O)C(CO)P(=O)(O)O. The van der Waals surface area contributed by atoms with Crippen molar-refractivity contribution in [2.45, 2.75) is 12.3 Å². The Morgan fingerprint density at radius 2 is 1.32 bits per heavy atom. The third kappa shape index (κ3) is 22.6. The fourth-order valence-electron chi connectivity index (χ4n) is 0.409. The average molecular weight is 325 g/mol. The van der Waals surface area contributed by atoms with Crippen LogP contribution in [0.3, 0.4) is 0 Å². The standard InChI is InChI=1S/C2H8O7P2.C2H4O2.CH5N3/c3-1-2(10(4,5)6)11(7,8)9;1-2(3)4;2-1(3)4/h2-3H,1H2,(H2,4,5,6)(H2,7,8,9);1H3,(H,3,4);(H5,2,3,4). The molecule has 0 saturated carbocycles. The van der Waals surface area contributed by atoms with E-state index in [-0.39, 0.29) is 5.96 Å². The molecule has 11 N–H and O–H groups in total. The molecule has 0 aliphatic carbocycles. The van der Waals surface area contributed by atoms with Crippen LogP contribution in [0.15, 0.2) is 0 Å². The summed E-state index contributed by atoms with van der Waals surface area (Å²) in [5, 5.41) is 19.4. The van der Waals surface area contributed by atoms with Gasteiger partial charge in [0.2, 0.25) is 0 Å². The Hall–Kier alpha value is -1.00. The first-order chi connectivity index (χ1) is 8.16. The predicted molar refractivity (Wildman–Crippen MR) is 64.4 cm³/mol. The summed E-state index contributed by atoms with van der Waals surface area (Å²) in [7, 11) is -9.82. The van der Waals surface area contributed by atoms with Gasteiger partial charge in [-0.1, -0.05) is 0 Å². The van der Waals surface area contributed by atoms with Crippen LogP contribution < -0.4 is 11.5 Å². The molecule has 116 valence electrons. The summed E-state index contributed by atoms with van der Waals surface area (Å²) in [5.41, 5.74) is 8.94. The molecule has 0 bridgehead atoms. The van der Waals surface area contributed by atoms with Gasteiger partial charge in [0.15, 0.2) is 11.4 Å². The zero-order chi connectivity index (χ0) is 16.4. The number of carboxylic acids is 1. The molecule has 0 aliphatic heterocycles. The maximum absolute atomic E-state index is 10.3. The zero-order valence-electron chi connectivity index (χ0n) is 9.74. The monoisotopic (exact) mass is 325 g/mol. The number of guanidine groups is 1. The number of carbonyl (C=O) groups is 1. The summed E-state index contributed by atoms with van der Waals surface area (Å²) < 4.78 is 20.5. The number of hydrogen-bond donors (Lipinski definition) is 9. The van der Waals surface area contributed by atoms with Crippen molar-refractivity contribution in [1.29, 1.82) is 5.41 Å². The Morgan fingerprint density at radius 1 is 1.16 bits per heavy atom. The minimum absolute atomic E-state index is 0.333. The van der Waals surface area contributed by atoms with Crippen LogP contribution in [0.25, 0.3) is 0 Å². The van der Waals surface area contributed by atoms with Gasteiger partial charge in [-0.25, -0.2) is 0 Å². The van der Waals surface area contributed by atoms with Gasteiger partial charge in [-0.05, 0) is 0 Å². The molecule has 19 heavy (non-hydrogen) atoms. The molecule has 12 nitrogen and oxygen atoms in total. The largest absolute Gasteiger partial charge is 0.481 e. The van der Waals surface area contributed by atoms with E-state index in [1.807, 2.05) is 0 Å². The predicted octanol–water partition coefficient (Wildman–Crippen LogP) is -2.41. The van der Waals surface area contributed by atoms with E-state index >= 15 is 0 Å². The van der Waals surface area contributed by atoms with Crippen molar-refractivity contribution in [3.63, 3.8) is 0 Å². The number of rotatable bonds is 3. The second-order valence-electron chi connectivity index (χ2n) is 2.82. The van der Waals surface area contributed by atoms with Gasteiger partial charge in [0.1, 0.15) is 0 Å². The lowest BCUT2D eigenvalue weighted by Crippen LogP contribution is -2.20. The van der Waals surface area contributed by atoms with Crippen molar-refractivity contribution in [2.24, 2.45) is 11.5 Å². The number of aliphatic hydroxyl groups is 1. The minimum Gasteiger partial charge on any atom is -0.481 e. The highest BCUT2D eigenvalue weighted by Gasteiger charge is 2.42. The number of aliphatic hydroxyl groups excluding tert-OH is 1. The highest BCUT2D eigenvalue weighted by molar-refractivity contribution is 7.70. The van der Waals surface area contributed by atoms with Crippen LogP contribution in [-0.2, 0) is 13.9 Å². The fourth-order valence-corrected chi connectivity index (χ4v) is 2.40. The molecule has 0 radical (unpaired) electrons. The van der Waals surface area contributed by atoms with Crippen molar-refractivity contribution >= 4 is 27.1 Å². The molecule has 0 spiro atoms. The average Bonchev–Trinajstić information content (AvgIpc) is 1.95. The van der Waals surface area contributed by atoms with Gasteiger partial charge in [-0.3, -0.25) is 19.3 Å². The van der Waals surface area contributed by atoms with Crippen LogP contribution in [0.2, 0.25) is 0 Å². The van der Waals surface area contributed by atoms with Crippen LogP contribution in [0.1, 0.15) is 6.92 Å². The number of carboxylic acid groups (broad SMARTS) is 1. The smallest absolute Gasteiger partial charge is 0.343 e. The highest BCUT2D eigenvalue weighted by Crippen LogP contribution is 2.59. The molecule has 0 amide bonds. The molecule has 0 aliphatic rings. The number of hydrogen-bond acceptors (Lipinski definition) is 5. The molecule has 0 fully saturated rings. The van der Waals surface area contributed by atoms with E-state index in [1.165, 1.54) is 0 Å². The molecule has 14 heteroatoms. The first-order valence-electron chi connectivity index (χ1n) is 4.16.